The average Bonchev–Trinajstić information content (AvgIpc) is 3.25. The number of piperidine rings is 1. The van der Waals surface area contributed by atoms with Crippen molar-refractivity contribution in [3.05, 3.63) is 11.4 Å². The Morgan fingerprint density at radius 3 is 2.72 bits per heavy atom. The first-order chi connectivity index (χ1) is 12.1. The first kappa shape index (κ1) is 16.5. The molecule has 0 bridgehead atoms. The van der Waals surface area contributed by atoms with Gasteiger partial charge < -0.3 is 14.5 Å². The number of ether oxygens (including phenoxy) is 1. The number of hydrogen-bond donors (Lipinski definition) is 0. The number of amides is 2. The van der Waals surface area contributed by atoms with E-state index in [1.165, 1.54) is 0 Å². The number of rotatable bonds is 2. The molecule has 3 aliphatic heterocycles. The Labute approximate surface area is 146 Å². The van der Waals surface area contributed by atoms with Crippen LogP contribution >= 0.6 is 0 Å². The fourth-order valence-corrected chi connectivity index (χ4v) is 4.45. The van der Waals surface area contributed by atoms with Crippen LogP contribution in [0.25, 0.3) is 0 Å². The molecule has 1 aromatic heterocycles. The number of carbonyl (C=O) groups excluding carboxylic acids is 2. The Morgan fingerprint density at radius 1 is 1.20 bits per heavy atom. The van der Waals surface area contributed by atoms with E-state index in [-0.39, 0.29) is 23.6 Å². The van der Waals surface area contributed by atoms with Crippen molar-refractivity contribution in [1.82, 2.24) is 20.1 Å². The molecule has 1 atom stereocenters. The Balaban J connectivity index is 1.49. The molecule has 0 aromatic carbocycles. The molecule has 3 fully saturated rings. The van der Waals surface area contributed by atoms with Crippen LogP contribution < -0.4 is 0 Å². The molecule has 8 nitrogen and oxygen atoms in total. The van der Waals surface area contributed by atoms with Gasteiger partial charge in [-0.05, 0) is 44.2 Å². The zero-order valence-electron chi connectivity index (χ0n) is 14.6. The van der Waals surface area contributed by atoms with Crippen molar-refractivity contribution in [3.8, 4) is 0 Å². The molecule has 0 radical (unpaired) electrons. The van der Waals surface area contributed by atoms with E-state index in [4.69, 9.17) is 4.74 Å². The van der Waals surface area contributed by atoms with E-state index < -0.39 is 5.41 Å². The lowest BCUT2D eigenvalue weighted by molar-refractivity contribution is -0.150. The SMILES string of the molecule is Cc1nonc1C(=O)N1CC[C@]2(CCCN(C3CCOCC3)C2=O)C1. The van der Waals surface area contributed by atoms with Gasteiger partial charge in [-0.3, -0.25) is 9.59 Å². The number of aromatic nitrogens is 2. The molecule has 0 unspecified atom stereocenters. The zero-order valence-corrected chi connectivity index (χ0v) is 14.6. The minimum absolute atomic E-state index is 0.188. The number of hydrogen-bond acceptors (Lipinski definition) is 6. The molecule has 4 rings (SSSR count). The highest BCUT2D eigenvalue weighted by molar-refractivity contribution is 5.94. The number of aryl methyl sites for hydroxylation is 1. The van der Waals surface area contributed by atoms with Gasteiger partial charge in [0.1, 0.15) is 5.69 Å². The van der Waals surface area contributed by atoms with Crippen LogP contribution in [0.2, 0.25) is 0 Å². The van der Waals surface area contributed by atoms with E-state index in [2.05, 4.69) is 19.8 Å². The smallest absolute Gasteiger partial charge is 0.278 e. The second-order valence-corrected chi connectivity index (χ2v) is 7.40. The summed E-state index contributed by atoms with van der Waals surface area (Å²) >= 11 is 0. The molecular formula is C17H24N4O4. The van der Waals surface area contributed by atoms with Crippen molar-refractivity contribution >= 4 is 11.8 Å². The van der Waals surface area contributed by atoms with Crippen molar-refractivity contribution in [1.29, 1.82) is 0 Å². The number of likely N-dealkylation sites (tertiary alicyclic amines) is 2. The summed E-state index contributed by atoms with van der Waals surface area (Å²) in [5.74, 6) is 0.0302. The van der Waals surface area contributed by atoms with E-state index in [1.807, 2.05) is 0 Å². The van der Waals surface area contributed by atoms with E-state index in [9.17, 15) is 9.59 Å². The van der Waals surface area contributed by atoms with E-state index >= 15 is 0 Å². The van der Waals surface area contributed by atoms with Crippen LogP contribution in [0.5, 0.6) is 0 Å². The van der Waals surface area contributed by atoms with Crippen molar-refractivity contribution < 1.29 is 19.0 Å². The Kier molecular flexibility index (Phi) is 4.23. The van der Waals surface area contributed by atoms with Gasteiger partial charge in [-0.1, -0.05) is 5.16 Å². The van der Waals surface area contributed by atoms with Crippen molar-refractivity contribution in [2.24, 2.45) is 5.41 Å². The van der Waals surface area contributed by atoms with Gasteiger partial charge in [0, 0.05) is 38.9 Å². The monoisotopic (exact) mass is 348 g/mol. The standard InChI is InChI=1S/C17H24N4O4/c1-12-14(19-25-18-12)15(22)20-8-6-17(11-20)5-2-7-21(16(17)23)13-3-9-24-10-4-13/h13H,2-11H2,1H3/t17-/m1/s1. The minimum atomic E-state index is -0.433. The van der Waals surface area contributed by atoms with E-state index in [0.717, 1.165) is 51.9 Å². The summed E-state index contributed by atoms with van der Waals surface area (Å²) in [5.41, 5.74) is 0.309. The van der Waals surface area contributed by atoms with Gasteiger partial charge in [-0.2, -0.15) is 0 Å². The third-order valence-electron chi connectivity index (χ3n) is 5.90. The lowest BCUT2D eigenvalue weighted by Gasteiger charge is -2.44. The van der Waals surface area contributed by atoms with Gasteiger partial charge in [-0.15, -0.1) is 0 Å². The highest BCUT2D eigenvalue weighted by Crippen LogP contribution is 2.41. The van der Waals surface area contributed by atoms with Crippen LogP contribution in [0.3, 0.4) is 0 Å². The largest absolute Gasteiger partial charge is 0.381 e. The molecule has 136 valence electrons. The predicted octanol–water partition coefficient (Wildman–Crippen LogP) is 1.01. The molecule has 1 spiro atoms. The van der Waals surface area contributed by atoms with Crippen molar-refractivity contribution in [2.75, 3.05) is 32.8 Å². The molecule has 4 heterocycles. The third-order valence-corrected chi connectivity index (χ3v) is 5.90. The maximum Gasteiger partial charge on any atom is 0.278 e. The normalized spacial score (nSPS) is 28.1. The van der Waals surface area contributed by atoms with Crippen molar-refractivity contribution in [2.45, 2.75) is 45.1 Å². The summed E-state index contributed by atoms with van der Waals surface area (Å²) in [6.45, 7) is 5.03. The lowest BCUT2D eigenvalue weighted by atomic mass is 9.77. The van der Waals surface area contributed by atoms with Crippen LogP contribution in [0, 0.1) is 12.3 Å². The van der Waals surface area contributed by atoms with E-state index in [0.29, 0.717) is 18.8 Å². The quantitative estimate of drug-likeness (QED) is 0.792. The van der Waals surface area contributed by atoms with Gasteiger partial charge in [0.05, 0.1) is 5.41 Å². The molecule has 2 amide bonds. The maximum absolute atomic E-state index is 13.3. The Morgan fingerprint density at radius 2 is 2.00 bits per heavy atom. The minimum Gasteiger partial charge on any atom is -0.381 e. The summed E-state index contributed by atoms with van der Waals surface area (Å²) in [6.07, 6.45) is 4.39. The molecule has 0 saturated carbocycles. The van der Waals surface area contributed by atoms with Crippen molar-refractivity contribution in [3.63, 3.8) is 0 Å². The predicted molar refractivity (Wildman–Crippen MR) is 86.8 cm³/mol. The molecule has 1 aromatic rings. The summed E-state index contributed by atoms with van der Waals surface area (Å²) in [5, 5.41) is 7.40. The summed E-state index contributed by atoms with van der Waals surface area (Å²) in [4.78, 5) is 29.7. The molecule has 8 heteroatoms. The van der Waals surface area contributed by atoms with Crippen LogP contribution in [0.15, 0.2) is 4.63 Å². The summed E-state index contributed by atoms with van der Waals surface area (Å²) in [6, 6.07) is 0.283. The Hall–Kier alpha value is -1.96. The van der Waals surface area contributed by atoms with E-state index in [1.54, 1.807) is 11.8 Å². The number of carbonyl (C=O) groups is 2. The molecule has 25 heavy (non-hydrogen) atoms. The topological polar surface area (TPSA) is 88.8 Å². The van der Waals surface area contributed by atoms with Crippen LogP contribution in [-0.2, 0) is 9.53 Å². The van der Waals surface area contributed by atoms with Gasteiger partial charge >= 0.3 is 0 Å². The van der Waals surface area contributed by atoms with Gasteiger partial charge in [0.25, 0.3) is 5.91 Å². The highest BCUT2D eigenvalue weighted by Gasteiger charge is 2.51. The molecule has 3 saturated heterocycles. The average molecular weight is 348 g/mol. The molecule has 0 N–H and O–H groups in total. The van der Waals surface area contributed by atoms with Crippen LogP contribution in [-0.4, -0.2) is 70.8 Å². The first-order valence-corrected chi connectivity index (χ1v) is 9.08. The van der Waals surface area contributed by atoms with Crippen LogP contribution in [0.1, 0.15) is 48.3 Å². The fourth-order valence-electron chi connectivity index (χ4n) is 4.45. The summed E-state index contributed by atoms with van der Waals surface area (Å²) < 4.78 is 10.1. The molecular weight excluding hydrogens is 324 g/mol. The second-order valence-electron chi connectivity index (χ2n) is 7.40. The fraction of sp³-hybridized carbons (Fsp3) is 0.765. The highest BCUT2D eigenvalue weighted by atomic mass is 16.6. The molecule has 3 aliphatic rings. The second kappa shape index (κ2) is 6.40. The Bertz CT molecular complexity index is 669. The third kappa shape index (κ3) is 2.82. The molecule has 0 aliphatic carbocycles. The zero-order chi connectivity index (χ0) is 17.4. The maximum atomic E-state index is 13.3. The van der Waals surface area contributed by atoms with Crippen LogP contribution in [0.4, 0.5) is 0 Å². The van der Waals surface area contributed by atoms with Gasteiger partial charge in [-0.25, -0.2) is 4.63 Å². The summed E-state index contributed by atoms with van der Waals surface area (Å²) in [7, 11) is 0. The van der Waals surface area contributed by atoms with Gasteiger partial charge in [0.2, 0.25) is 5.91 Å². The lowest BCUT2D eigenvalue weighted by Crippen LogP contribution is -2.55. The number of nitrogens with zero attached hydrogens (tertiary/aromatic N) is 4. The first-order valence-electron chi connectivity index (χ1n) is 9.08. The van der Waals surface area contributed by atoms with Gasteiger partial charge in [0.15, 0.2) is 5.69 Å².